The maximum Gasteiger partial charge on any atom is 0.368 e. The Balaban J connectivity index is 1.29. The van der Waals surface area contributed by atoms with Crippen LogP contribution in [0.4, 0.5) is 27.5 Å². The zero-order valence-electron chi connectivity index (χ0n) is 23.3. The van der Waals surface area contributed by atoms with Crippen LogP contribution in [0.15, 0.2) is 23.1 Å². The van der Waals surface area contributed by atoms with Gasteiger partial charge in [-0.05, 0) is 62.6 Å². The number of halogens is 1. The molecule has 3 aliphatic rings. The minimum Gasteiger partial charge on any atom is -0.486 e. The van der Waals surface area contributed by atoms with E-state index in [-0.39, 0.29) is 46.4 Å². The van der Waals surface area contributed by atoms with Crippen LogP contribution in [0, 0.1) is 12.4 Å². The number of nitrogens with one attached hydrogen (secondary N) is 2. The summed E-state index contributed by atoms with van der Waals surface area (Å²) in [5.41, 5.74) is 0.0260. The first-order valence-corrected chi connectivity index (χ1v) is 13.8. The molecule has 3 fully saturated rings. The van der Waals surface area contributed by atoms with E-state index in [1.54, 1.807) is 0 Å². The van der Waals surface area contributed by atoms with Crippen molar-refractivity contribution >= 4 is 23.1 Å². The molecule has 6 rings (SSSR count). The lowest BCUT2D eigenvalue weighted by Gasteiger charge is -2.48. The van der Waals surface area contributed by atoms with Crippen molar-refractivity contribution in [2.45, 2.75) is 69.7 Å². The van der Waals surface area contributed by atoms with Gasteiger partial charge >= 0.3 is 5.69 Å². The van der Waals surface area contributed by atoms with Crippen LogP contribution in [0.2, 0.25) is 0 Å². The number of ether oxygens (including phenoxy) is 2. The van der Waals surface area contributed by atoms with Crippen molar-refractivity contribution in [3.8, 4) is 11.4 Å². The highest BCUT2D eigenvalue weighted by molar-refractivity contribution is 5.69. The summed E-state index contributed by atoms with van der Waals surface area (Å²) >= 11 is 0. The number of tetrazole rings is 1. The van der Waals surface area contributed by atoms with E-state index in [4.69, 9.17) is 16.0 Å². The number of benzene rings is 1. The maximum absolute atomic E-state index is 15.4. The number of hydrogen-bond donors (Lipinski definition) is 2. The molecule has 41 heavy (non-hydrogen) atoms. The Morgan fingerprint density at radius 3 is 2.85 bits per heavy atom. The molecule has 216 valence electrons. The molecule has 13 nitrogen and oxygen atoms in total. The fourth-order valence-corrected chi connectivity index (χ4v) is 6.21. The summed E-state index contributed by atoms with van der Waals surface area (Å²) in [5.74, 6) is 0.00403. The van der Waals surface area contributed by atoms with Crippen LogP contribution in [0.25, 0.3) is 10.5 Å². The molecule has 3 atom stereocenters. The summed E-state index contributed by atoms with van der Waals surface area (Å²) < 4.78 is 28.9. The van der Waals surface area contributed by atoms with E-state index in [1.807, 2.05) is 0 Å². The Morgan fingerprint density at radius 2 is 2.12 bits per heavy atom. The number of fused-ring (bicyclic) bond motifs is 1. The molecule has 0 aliphatic carbocycles. The van der Waals surface area contributed by atoms with E-state index in [0.29, 0.717) is 31.5 Å². The van der Waals surface area contributed by atoms with Gasteiger partial charge in [-0.15, -0.1) is 0 Å². The first-order valence-electron chi connectivity index (χ1n) is 13.8. The number of hydrogen-bond acceptors (Lipinski definition) is 10. The molecule has 0 bridgehead atoms. The molecular weight excluding hydrogens is 531 g/mol. The predicted molar refractivity (Wildman–Crippen MR) is 148 cm³/mol. The smallest absolute Gasteiger partial charge is 0.368 e. The molecule has 2 N–H and O–H groups in total. The van der Waals surface area contributed by atoms with Crippen LogP contribution in [0.3, 0.4) is 0 Å². The van der Waals surface area contributed by atoms with E-state index in [0.717, 1.165) is 35.2 Å². The minimum absolute atomic E-state index is 0.00878. The summed E-state index contributed by atoms with van der Waals surface area (Å²) in [6.07, 6.45) is 6.02. The van der Waals surface area contributed by atoms with Gasteiger partial charge in [0, 0.05) is 43.4 Å². The predicted octanol–water partition coefficient (Wildman–Crippen LogP) is 3.17. The van der Waals surface area contributed by atoms with Gasteiger partial charge in [-0.25, -0.2) is 24.0 Å². The molecule has 3 aromatic rings. The molecule has 0 radical (unpaired) electrons. The lowest BCUT2D eigenvalue weighted by molar-refractivity contribution is 0.0501. The maximum atomic E-state index is 15.4. The van der Waals surface area contributed by atoms with E-state index >= 15 is 4.39 Å². The second-order valence-electron chi connectivity index (χ2n) is 11.4. The first-order chi connectivity index (χ1) is 19.7. The Kier molecular flexibility index (Phi) is 7.08. The third-order valence-electron chi connectivity index (χ3n) is 8.11. The highest BCUT2D eigenvalue weighted by atomic mass is 19.1. The quantitative estimate of drug-likeness (QED) is 0.413. The third kappa shape index (κ3) is 5.34. The lowest BCUT2D eigenvalue weighted by Crippen LogP contribution is -2.55. The van der Waals surface area contributed by atoms with Crippen LogP contribution >= 0.6 is 0 Å². The van der Waals surface area contributed by atoms with Gasteiger partial charge in [-0.1, -0.05) is 0 Å². The number of piperidine rings is 1. The number of anilines is 3. The van der Waals surface area contributed by atoms with Gasteiger partial charge in [0.2, 0.25) is 11.6 Å². The fraction of sp³-hybridized carbons (Fsp3) is 0.556. The second-order valence-corrected chi connectivity index (χ2v) is 11.4. The highest BCUT2D eigenvalue weighted by Gasteiger charge is 2.43. The molecule has 0 amide bonds. The lowest BCUT2D eigenvalue weighted by atomic mass is 9.84. The van der Waals surface area contributed by atoms with Crippen LogP contribution in [0.5, 0.6) is 5.75 Å². The van der Waals surface area contributed by atoms with Crippen molar-refractivity contribution in [1.82, 2.24) is 34.7 Å². The van der Waals surface area contributed by atoms with Crippen molar-refractivity contribution in [1.29, 1.82) is 0 Å². The van der Waals surface area contributed by atoms with Gasteiger partial charge in [0.15, 0.2) is 5.82 Å². The number of aryl methyl sites for hydroxylation is 1. The van der Waals surface area contributed by atoms with Crippen LogP contribution in [0.1, 0.15) is 46.0 Å². The van der Waals surface area contributed by atoms with Gasteiger partial charge in [-0.2, -0.15) is 9.36 Å². The summed E-state index contributed by atoms with van der Waals surface area (Å²) in [4.78, 5) is 27.7. The van der Waals surface area contributed by atoms with Gasteiger partial charge in [0.25, 0.3) is 0 Å². The molecule has 3 aliphatic heterocycles. The van der Waals surface area contributed by atoms with E-state index < -0.39 is 11.5 Å². The van der Waals surface area contributed by atoms with Crippen molar-refractivity contribution < 1.29 is 13.9 Å². The summed E-state index contributed by atoms with van der Waals surface area (Å²) in [7, 11) is 1.47. The molecule has 5 heterocycles. The monoisotopic (exact) mass is 564 g/mol. The average molecular weight is 565 g/mol. The number of rotatable bonds is 7. The SMILES string of the molecule is [C-]#[N+]c1cnc(Nc2cc(-n3nnn(C)c3=O)c(O[C@H]3CCOC3)cc2F)nc1N[C@@H]1C[C@@H]2CCCN2C(C)(C)C1. The van der Waals surface area contributed by atoms with Gasteiger partial charge in [0.1, 0.15) is 23.4 Å². The van der Waals surface area contributed by atoms with Crippen LogP contribution in [-0.4, -0.2) is 78.1 Å². The summed E-state index contributed by atoms with van der Waals surface area (Å²) in [6, 6.07) is 3.24. The average Bonchev–Trinajstić information content (AvgIpc) is 3.69. The Bertz CT molecular complexity index is 1540. The normalized spacial score (nSPS) is 23.6. The largest absolute Gasteiger partial charge is 0.486 e. The summed E-state index contributed by atoms with van der Waals surface area (Å²) in [6.45, 7) is 14.2. The van der Waals surface area contributed by atoms with Crippen molar-refractivity contribution in [2.75, 3.05) is 30.4 Å². The van der Waals surface area contributed by atoms with E-state index in [9.17, 15) is 4.79 Å². The molecule has 3 saturated heterocycles. The Labute approximate surface area is 236 Å². The fourth-order valence-electron chi connectivity index (χ4n) is 6.21. The Hall–Kier alpha value is -4.09. The zero-order chi connectivity index (χ0) is 28.7. The van der Waals surface area contributed by atoms with Gasteiger partial charge in [-0.3, -0.25) is 4.90 Å². The van der Waals surface area contributed by atoms with E-state index in [2.05, 4.69) is 54.6 Å². The number of aromatic nitrogens is 6. The topological polar surface area (TPSA) is 129 Å². The standard InChI is InChI=1S/C27H33FN10O3/c1-27(2)13-16(10-17-6-5-8-37(17)27)31-24-21(29-3)14-30-25(33-24)32-20-12-22(38-26(39)36(4)34-35-38)23(11-19(20)28)41-18-7-9-40-15-18/h11-12,14,16-18H,5-10,13,15H2,1-2,4H3,(H2,30,31,32,33)/t16-,17+,18+/m1/s1. The van der Waals surface area contributed by atoms with Crippen molar-refractivity contribution in [3.63, 3.8) is 0 Å². The van der Waals surface area contributed by atoms with E-state index in [1.165, 1.54) is 31.8 Å². The Morgan fingerprint density at radius 1 is 1.27 bits per heavy atom. The first kappa shape index (κ1) is 27.1. The zero-order valence-corrected chi connectivity index (χ0v) is 23.3. The van der Waals surface area contributed by atoms with Crippen molar-refractivity contribution in [2.24, 2.45) is 7.05 Å². The molecule has 0 saturated carbocycles. The highest BCUT2D eigenvalue weighted by Crippen LogP contribution is 2.39. The van der Waals surface area contributed by atoms with Gasteiger partial charge in [0.05, 0.1) is 25.5 Å². The molecule has 14 heteroatoms. The molecule has 2 aromatic heterocycles. The number of nitrogens with zero attached hydrogens (tertiary/aromatic N) is 8. The summed E-state index contributed by atoms with van der Waals surface area (Å²) in [5, 5.41) is 14.1. The molecular formula is C27H33FN10O3. The van der Waals surface area contributed by atoms with Crippen LogP contribution < -0.4 is 21.1 Å². The van der Waals surface area contributed by atoms with Crippen molar-refractivity contribution in [3.05, 3.63) is 46.0 Å². The molecule has 1 aromatic carbocycles. The molecule has 0 unspecified atom stereocenters. The third-order valence-corrected chi connectivity index (χ3v) is 8.11. The van der Waals surface area contributed by atoms with Crippen LogP contribution in [-0.2, 0) is 11.8 Å². The second kappa shape index (κ2) is 10.7. The van der Waals surface area contributed by atoms with Gasteiger partial charge < -0.3 is 20.1 Å². The molecule has 0 spiro atoms. The minimum atomic E-state index is -0.637.